The van der Waals surface area contributed by atoms with Crippen molar-refractivity contribution in [2.75, 3.05) is 0 Å². The fourth-order valence-electron chi connectivity index (χ4n) is 1.04. The summed E-state index contributed by atoms with van der Waals surface area (Å²) in [6.45, 7) is 9.07. The number of carbonyl (C=O) groups excluding carboxylic acids is 2. The first-order valence-corrected chi connectivity index (χ1v) is 6.64. The minimum Gasteiger partial charge on any atom is -0.550 e. The molecule has 0 spiro atoms. The van der Waals surface area contributed by atoms with Crippen molar-refractivity contribution < 1.29 is 61.5 Å². The molecule has 111 valence electrons. The molecule has 0 aliphatic rings. The molecular weight excluding hydrogens is 372 g/mol. The Bertz CT molecular complexity index is 164. The first-order valence-electron chi connectivity index (χ1n) is 6.64. The maximum absolute atomic E-state index is 9.76. The SMILES string of the molecule is CCCCCC(=O)[O-].CCCCCC(=O)[O-].[CH2-]C.[Ce+3]. The number of carbonyl (C=O) groups is 2. The predicted molar refractivity (Wildman–Crippen MR) is 69.3 cm³/mol. The molecule has 0 unspecified atom stereocenters. The van der Waals surface area contributed by atoms with Gasteiger partial charge in [0.25, 0.3) is 0 Å². The Hall–Kier alpha value is 0.317. The van der Waals surface area contributed by atoms with Crippen molar-refractivity contribution in [1.29, 1.82) is 0 Å². The van der Waals surface area contributed by atoms with E-state index >= 15 is 0 Å². The van der Waals surface area contributed by atoms with Crippen LogP contribution in [0.5, 0.6) is 0 Å². The Morgan fingerprint density at radius 1 is 0.789 bits per heavy atom. The normalized spacial score (nSPS) is 8.00. The Kier molecular flexibility index (Phi) is 39.0. The molecule has 0 bridgehead atoms. The van der Waals surface area contributed by atoms with E-state index in [4.69, 9.17) is 0 Å². The summed E-state index contributed by atoms with van der Waals surface area (Å²) in [5.41, 5.74) is 0. The summed E-state index contributed by atoms with van der Waals surface area (Å²) in [5.74, 6) is -1.86. The fraction of sp³-hybridized carbons (Fsp3) is 0.786. The second-order valence-corrected chi connectivity index (χ2v) is 3.66. The van der Waals surface area contributed by atoms with E-state index in [0.29, 0.717) is 0 Å². The van der Waals surface area contributed by atoms with Gasteiger partial charge in [0.1, 0.15) is 0 Å². The van der Waals surface area contributed by atoms with Crippen LogP contribution >= 0.6 is 0 Å². The van der Waals surface area contributed by atoms with Crippen LogP contribution in [-0.4, -0.2) is 11.9 Å². The number of carboxylic acids is 2. The molecule has 1 radical (unpaired) electrons. The number of aliphatic carboxylic acids is 2. The maximum atomic E-state index is 9.76. The molecule has 0 heterocycles. The summed E-state index contributed by atoms with van der Waals surface area (Å²) in [7, 11) is 0. The van der Waals surface area contributed by atoms with Crippen molar-refractivity contribution in [3.05, 3.63) is 6.92 Å². The largest absolute Gasteiger partial charge is 3.00 e. The second kappa shape index (κ2) is 26.8. The minimum atomic E-state index is -0.932. The molecule has 0 aliphatic heterocycles. The van der Waals surface area contributed by atoms with E-state index in [-0.39, 0.29) is 54.6 Å². The van der Waals surface area contributed by atoms with Crippen molar-refractivity contribution in [2.24, 2.45) is 0 Å². The molecule has 0 aromatic carbocycles. The van der Waals surface area contributed by atoms with Gasteiger partial charge < -0.3 is 26.7 Å². The summed E-state index contributed by atoms with van der Waals surface area (Å²) in [5, 5.41) is 19.5. The average Bonchev–Trinajstić information content (AvgIpc) is 2.32. The summed E-state index contributed by atoms with van der Waals surface area (Å²) < 4.78 is 0. The van der Waals surface area contributed by atoms with E-state index in [1.165, 1.54) is 0 Å². The van der Waals surface area contributed by atoms with Gasteiger partial charge in [-0.1, -0.05) is 39.5 Å². The number of unbranched alkanes of at least 4 members (excludes halogenated alkanes) is 4. The zero-order chi connectivity index (χ0) is 14.8. The molecule has 0 saturated carbocycles. The third-order valence-corrected chi connectivity index (χ3v) is 1.97. The van der Waals surface area contributed by atoms with Gasteiger partial charge >= 0.3 is 41.7 Å². The van der Waals surface area contributed by atoms with Crippen LogP contribution in [0.15, 0.2) is 0 Å². The Morgan fingerprint density at radius 3 is 1.21 bits per heavy atom. The van der Waals surface area contributed by atoms with Crippen molar-refractivity contribution in [1.82, 2.24) is 0 Å². The molecule has 5 heteroatoms. The summed E-state index contributed by atoms with van der Waals surface area (Å²) in [6, 6.07) is 0. The van der Waals surface area contributed by atoms with E-state index in [1.807, 2.05) is 13.8 Å². The quantitative estimate of drug-likeness (QED) is 0.457. The van der Waals surface area contributed by atoms with E-state index in [2.05, 4.69) is 6.92 Å². The molecule has 0 N–H and O–H groups in total. The summed E-state index contributed by atoms with van der Waals surface area (Å²) >= 11 is 0. The molecule has 0 amide bonds. The third-order valence-electron chi connectivity index (χ3n) is 1.97. The topological polar surface area (TPSA) is 80.3 Å². The van der Waals surface area contributed by atoms with Gasteiger partial charge in [-0.25, -0.2) is 0 Å². The summed E-state index contributed by atoms with van der Waals surface area (Å²) in [6.07, 6.45) is 6.07. The van der Waals surface area contributed by atoms with Crippen LogP contribution in [0.4, 0.5) is 0 Å². The standard InChI is InChI=1S/2C6H12O2.C2H5.Ce/c2*1-2-3-4-5-6(7)8;1-2;/h2*2-5H2,1H3,(H,7,8);1H2,2H3;/q;;-1;+3/p-2. The van der Waals surface area contributed by atoms with Crippen LogP contribution < -0.4 is 10.2 Å². The third kappa shape index (κ3) is 45.8. The van der Waals surface area contributed by atoms with Crippen molar-refractivity contribution in [3.63, 3.8) is 0 Å². The van der Waals surface area contributed by atoms with E-state index in [9.17, 15) is 19.8 Å². The van der Waals surface area contributed by atoms with Gasteiger partial charge in [-0.3, -0.25) is 0 Å². The van der Waals surface area contributed by atoms with Gasteiger partial charge in [-0.2, -0.15) is 6.92 Å². The van der Waals surface area contributed by atoms with Crippen LogP contribution in [0.3, 0.4) is 0 Å². The van der Waals surface area contributed by atoms with Crippen molar-refractivity contribution >= 4 is 11.9 Å². The number of rotatable bonds is 8. The Labute approximate surface area is 151 Å². The Balaban J connectivity index is -0.0000000999. The van der Waals surface area contributed by atoms with Crippen LogP contribution in [0, 0.1) is 48.7 Å². The molecular formula is C14H27CeO4. The second-order valence-electron chi connectivity index (χ2n) is 3.66. The molecule has 0 fully saturated rings. The first kappa shape index (κ1) is 27.6. The van der Waals surface area contributed by atoms with Crippen LogP contribution in [0.2, 0.25) is 0 Å². The molecule has 4 nitrogen and oxygen atoms in total. The molecule has 0 aromatic rings. The van der Waals surface area contributed by atoms with Gasteiger partial charge in [0, 0.05) is 11.9 Å². The average molecular weight is 399 g/mol. The zero-order valence-corrected chi connectivity index (χ0v) is 15.6. The van der Waals surface area contributed by atoms with E-state index in [1.54, 1.807) is 6.92 Å². The van der Waals surface area contributed by atoms with E-state index < -0.39 is 11.9 Å². The van der Waals surface area contributed by atoms with Crippen LogP contribution in [-0.2, 0) is 9.59 Å². The summed E-state index contributed by atoms with van der Waals surface area (Å²) in [4.78, 5) is 19.5. The molecule has 0 aromatic heterocycles. The Morgan fingerprint density at radius 2 is 1.05 bits per heavy atom. The van der Waals surface area contributed by atoms with Gasteiger partial charge in [0.05, 0.1) is 0 Å². The maximum Gasteiger partial charge on any atom is 3.00 e. The first-order chi connectivity index (χ1) is 8.54. The fourth-order valence-corrected chi connectivity index (χ4v) is 1.04. The van der Waals surface area contributed by atoms with Crippen LogP contribution in [0.1, 0.15) is 72.1 Å². The molecule has 0 aliphatic carbocycles. The molecule has 0 atom stereocenters. The number of carboxylic acid groups (broad SMARTS) is 2. The smallest absolute Gasteiger partial charge is 0.550 e. The van der Waals surface area contributed by atoms with Crippen molar-refractivity contribution in [2.45, 2.75) is 72.1 Å². The monoisotopic (exact) mass is 399 g/mol. The predicted octanol–water partition coefficient (Wildman–Crippen LogP) is 1.47. The molecule has 0 rings (SSSR count). The molecule has 0 saturated heterocycles. The molecule has 19 heavy (non-hydrogen) atoms. The van der Waals surface area contributed by atoms with E-state index in [0.717, 1.165) is 38.5 Å². The van der Waals surface area contributed by atoms with Gasteiger partial charge in [0.15, 0.2) is 0 Å². The zero-order valence-electron chi connectivity index (χ0n) is 12.5. The van der Waals surface area contributed by atoms with Crippen LogP contribution in [0.25, 0.3) is 0 Å². The number of hydrogen-bond donors (Lipinski definition) is 0. The number of hydrogen-bond acceptors (Lipinski definition) is 4. The minimum absolute atomic E-state index is 0. The van der Waals surface area contributed by atoms with Crippen molar-refractivity contribution in [3.8, 4) is 0 Å². The van der Waals surface area contributed by atoms with Gasteiger partial charge in [-0.05, 0) is 25.7 Å². The van der Waals surface area contributed by atoms with Gasteiger partial charge in [-0.15, -0.1) is 0 Å². The van der Waals surface area contributed by atoms with Gasteiger partial charge in [0.2, 0.25) is 0 Å².